The Balaban J connectivity index is 3.99. The van der Waals surface area contributed by atoms with Crippen LogP contribution in [0.25, 0.3) is 0 Å². The molecule has 0 aliphatic rings. The summed E-state index contributed by atoms with van der Waals surface area (Å²) in [4.78, 5) is 20.4. The van der Waals surface area contributed by atoms with Gasteiger partial charge in [-0.05, 0) is 6.42 Å². The molecule has 6 nitrogen and oxygen atoms in total. The van der Waals surface area contributed by atoms with E-state index in [1.807, 2.05) is 0 Å². The summed E-state index contributed by atoms with van der Waals surface area (Å²) in [5, 5.41) is 16.7. The maximum Gasteiger partial charge on any atom is 0.338 e. The molecule has 0 saturated heterocycles. The highest BCUT2D eigenvalue weighted by Crippen LogP contribution is 2.12. The molecule has 6 N–H and O–H groups in total. The molecule has 0 rings (SSSR count). The van der Waals surface area contributed by atoms with Crippen LogP contribution in [0.1, 0.15) is 19.3 Å². The molecule has 0 aliphatic heterocycles. The van der Waals surface area contributed by atoms with Crippen LogP contribution in [0, 0.1) is 0 Å². The lowest BCUT2D eigenvalue weighted by molar-refractivity contribution is -0.144. The molecule has 0 amide bonds. The molecule has 0 aromatic heterocycles. The average Bonchev–Trinajstić information content (AvgIpc) is 1.99. The van der Waals surface area contributed by atoms with Gasteiger partial charge in [-0.1, -0.05) is 0 Å². The third-order valence-corrected chi connectivity index (χ3v) is 1.63. The van der Waals surface area contributed by atoms with E-state index >= 15 is 0 Å². The minimum atomic E-state index is -2.14. The van der Waals surface area contributed by atoms with Gasteiger partial charge in [0.2, 0.25) is 0 Å². The molecule has 0 radical (unpaired) electrons. The third-order valence-electron chi connectivity index (χ3n) is 1.63. The lowest BCUT2D eigenvalue weighted by Gasteiger charge is -2.20. The first-order chi connectivity index (χ1) is 6.25. The summed E-state index contributed by atoms with van der Waals surface area (Å²) in [5.41, 5.74) is 7.97. The van der Waals surface area contributed by atoms with Crippen LogP contribution in [0.15, 0.2) is 0 Å². The maximum atomic E-state index is 12.9. The van der Waals surface area contributed by atoms with Crippen molar-refractivity contribution in [3.8, 4) is 0 Å². The van der Waals surface area contributed by atoms with Crippen LogP contribution in [-0.2, 0) is 9.59 Å². The van der Waals surface area contributed by atoms with Gasteiger partial charge in [-0.15, -0.1) is 0 Å². The topological polar surface area (TPSA) is 127 Å². The van der Waals surface area contributed by atoms with Crippen molar-refractivity contribution in [1.82, 2.24) is 0 Å². The number of carboxylic acid groups (broad SMARTS) is 2. The van der Waals surface area contributed by atoms with Gasteiger partial charge in [0.1, 0.15) is 6.17 Å². The Labute approximate surface area is 79.7 Å². The molecule has 14 heavy (non-hydrogen) atoms. The maximum absolute atomic E-state index is 12.9. The zero-order chi connectivity index (χ0) is 11.4. The smallest absolute Gasteiger partial charge is 0.338 e. The second kappa shape index (κ2) is 4.87. The second-order valence-electron chi connectivity index (χ2n) is 3.08. The van der Waals surface area contributed by atoms with Crippen molar-refractivity contribution in [2.24, 2.45) is 11.5 Å². The van der Waals surface area contributed by atoms with Crippen molar-refractivity contribution >= 4 is 11.9 Å². The van der Waals surface area contributed by atoms with Gasteiger partial charge < -0.3 is 21.7 Å². The average molecular weight is 208 g/mol. The number of nitrogens with two attached hydrogens (primary N) is 2. The Kier molecular flexibility index (Phi) is 4.45. The van der Waals surface area contributed by atoms with Crippen LogP contribution in [0.2, 0.25) is 0 Å². The molecule has 0 aromatic carbocycles. The molecule has 7 heteroatoms. The van der Waals surface area contributed by atoms with Crippen LogP contribution in [-0.4, -0.2) is 34.0 Å². The minimum absolute atomic E-state index is 0.293. The van der Waals surface area contributed by atoms with Gasteiger partial charge in [0.25, 0.3) is 0 Å². The second-order valence-corrected chi connectivity index (χ2v) is 3.08. The van der Waals surface area contributed by atoms with Gasteiger partial charge in [-0.2, -0.15) is 0 Å². The fourth-order valence-electron chi connectivity index (χ4n) is 0.836. The van der Waals surface area contributed by atoms with Crippen molar-refractivity contribution in [3.05, 3.63) is 0 Å². The van der Waals surface area contributed by atoms with E-state index in [0.717, 1.165) is 0 Å². The number of aliphatic carboxylic acids is 2. The zero-order valence-electron chi connectivity index (χ0n) is 7.44. The van der Waals surface area contributed by atoms with Gasteiger partial charge in [0, 0.05) is 12.8 Å². The van der Waals surface area contributed by atoms with Crippen LogP contribution in [0.3, 0.4) is 0 Å². The van der Waals surface area contributed by atoms with Crippen LogP contribution in [0.4, 0.5) is 4.39 Å². The predicted octanol–water partition coefficient (Wildman–Crippen LogP) is -0.722. The van der Waals surface area contributed by atoms with Crippen LogP contribution < -0.4 is 11.5 Å². The van der Waals surface area contributed by atoms with Gasteiger partial charge in [-0.25, -0.2) is 9.18 Å². The number of hydrogen-bond acceptors (Lipinski definition) is 4. The summed E-state index contributed by atoms with van der Waals surface area (Å²) in [6.07, 6.45) is -2.90. The van der Waals surface area contributed by atoms with E-state index in [9.17, 15) is 14.0 Å². The summed E-state index contributed by atoms with van der Waals surface area (Å²) in [7, 11) is 0. The lowest BCUT2D eigenvalue weighted by atomic mass is 10.0. The Hall–Kier alpha value is -1.21. The summed E-state index contributed by atoms with van der Waals surface area (Å²) in [5.74, 6) is -2.67. The molecular formula is C7H13FN2O4. The normalized spacial score (nSPS) is 13.6. The lowest BCUT2D eigenvalue weighted by Crippen LogP contribution is -2.57. The standard InChI is InChI=1S/C7H13FN2O4/c8-4(1-2-5(11)12)3-7(9,10)6(13)14/h4H,1-3,9-10H2,(H,11,12)(H,13,14). The molecule has 0 aliphatic carbocycles. The van der Waals surface area contributed by atoms with E-state index in [4.69, 9.17) is 21.7 Å². The van der Waals surface area contributed by atoms with Crippen LogP contribution >= 0.6 is 0 Å². The molecule has 0 saturated carbocycles. The number of halogens is 1. The van der Waals surface area contributed by atoms with Crippen molar-refractivity contribution in [1.29, 1.82) is 0 Å². The fraction of sp³-hybridized carbons (Fsp3) is 0.714. The highest BCUT2D eigenvalue weighted by molar-refractivity contribution is 5.77. The molecule has 0 fully saturated rings. The van der Waals surface area contributed by atoms with Gasteiger partial charge in [0.05, 0.1) is 0 Å². The molecule has 0 aromatic rings. The monoisotopic (exact) mass is 208 g/mol. The van der Waals surface area contributed by atoms with Crippen molar-refractivity contribution in [3.63, 3.8) is 0 Å². The Morgan fingerprint density at radius 3 is 2.21 bits per heavy atom. The molecule has 0 heterocycles. The van der Waals surface area contributed by atoms with E-state index in [1.54, 1.807) is 0 Å². The number of hydrogen-bond donors (Lipinski definition) is 4. The number of carbonyl (C=O) groups is 2. The Bertz CT molecular complexity index is 232. The third kappa shape index (κ3) is 4.73. The first-order valence-corrected chi connectivity index (χ1v) is 3.92. The number of carboxylic acids is 2. The zero-order valence-corrected chi connectivity index (χ0v) is 7.44. The summed E-state index contributed by atoms with van der Waals surface area (Å²) in [6, 6.07) is 0. The van der Waals surface area contributed by atoms with E-state index in [-0.39, 0.29) is 12.8 Å². The summed E-state index contributed by atoms with van der Waals surface area (Å²) in [6.45, 7) is 0. The van der Waals surface area contributed by atoms with E-state index in [1.165, 1.54) is 0 Å². The predicted molar refractivity (Wildman–Crippen MR) is 45.1 cm³/mol. The van der Waals surface area contributed by atoms with E-state index in [0.29, 0.717) is 0 Å². The molecular weight excluding hydrogens is 195 g/mol. The minimum Gasteiger partial charge on any atom is -0.481 e. The van der Waals surface area contributed by atoms with Crippen LogP contribution in [0.5, 0.6) is 0 Å². The van der Waals surface area contributed by atoms with Gasteiger partial charge in [-0.3, -0.25) is 4.79 Å². The summed E-state index contributed by atoms with van der Waals surface area (Å²) < 4.78 is 12.9. The quantitative estimate of drug-likeness (QED) is 0.426. The van der Waals surface area contributed by atoms with Crippen molar-refractivity contribution < 1.29 is 24.2 Å². The molecule has 1 unspecified atom stereocenters. The Morgan fingerprint density at radius 1 is 1.36 bits per heavy atom. The largest absolute Gasteiger partial charge is 0.481 e. The van der Waals surface area contributed by atoms with Gasteiger partial charge in [0.15, 0.2) is 5.66 Å². The SMILES string of the molecule is NC(N)(CC(F)CCC(=O)O)C(=O)O. The Morgan fingerprint density at radius 2 is 1.86 bits per heavy atom. The highest BCUT2D eigenvalue weighted by atomic mass is 19.1. The molecule has 0 bridgehead atoms. The molecule has 0 spiro atoms. The van der Waals surface area contributed by atoms with E-state index in [2.05, 4.69) is 0 Å². The van der Waals surface area contributed by atoms with E-state index < -0.39 is 30.2 Å². The first kappa shape index (κ1) is 12.8. The number of rotatable bonds is 6. The van der Waals surface area contributed by atoms with Gasteiger partial charge >= 0.3 is 11.9 Å². The first-order valence-electron chi connectivity index (χ1n) is 3.92. The highest BCUT2D eigenvalue weighted by Gasteiger charge is 2.32. The fourth-order valence-corrected chi connectivity index (χ4v) is 0.836. The number of alkyl halides is 1. The van der Waals surface area contributed by atoms with Crippen molar-refractivity contribution in [2.45, 2.75) is 31.1 Å². The van der Waals surface area contributed by atoms with Crippen molar-refractivity contribution in [2.75, 3.05) is 0 Å². The molecule has 1 atom stereocenters. The summed E-state index contributed by atoms with van der Waals surface area (Å²) >= 11 is 0. The molecule has 82 valence electrons.